The van der Waals surface area contributed by atoms with Crippen molar-refractivity contribution in [3.8, 4) is 0 Å². The Morgan fingerprint density at radius 1 is 1.13 bits per heavy atom. The van der Waals surface area contributed by atoms with E-state index in [2.05, 4.69) is 6.58 Å². The number of benzene rings is 1. The van der Waals surface area contributed by atoms with Crippen LogP contribution < -0.4 is 0 Å². The molecule has 2 N–H and O–H groups in total. The zero-order valence-corrected chi connectivity index (χ0v) is 8.63. The Kier molecular flexibility index (Phi) is 9.52. The van der Waals surface area contributed by atoms with Crippen molar-refractivity contribution in [2.24, 2.45) is 0 Å². The molecule has 15 heavy (non-hydrogen) atoms. The molecule has 0 saturated carbocycles. The second-order valence-corrected chi connectivity index (χ2v) is 2.21. The van der Waals surface area contributed by atoms with Crippen LogP contribution in [0.4, 0.5) is 0 Å². The van der Waals surface area contributed by atoms with Crippen molar-refractivity contribution in [3.05, 3.63) is 48.6 Å². The van der Waals surface area contributed by atoms with Gasteiger partial charge in [-0.15, -0.1) is 0 Å². The molecule has 0 aromatic heterocycles. The Morgan fingerprint density at radius 2 is 1.53 bits per heavy atom. The monoisotopic (exact) mass is 257 g/mol. The maximum Gasteiger partial charge on any atom is 0.335 e. The molecule has 0 unspecified atom stereocenters. The number of aliphatic carboxylic acids is 1. The first-order chi connectivity index (χ1) is 6.57. The fraction of sp³-hybridized carbons (Fsp3) is 0. The molecule has 0 aliphatic rings. The van der Waals surface area contributed by atoms with Crippen LogP contribution in [0.5, 0.6) is 0 Å². The molecular formula is C10H10CuO4. The summed E-state index contributed by atoms with van der Waals surface area (Å²) in [4.78, 5) is 19.5. The van der Waals surface area contributed by atoms with Gasteiger partial charge in [-0.3, -0.25) is 0 Å². The number of carbonyl (C=O) groups is 2. The molecule has 1 aromatic rings. The van der Waals surface area contributed by atoms with Gasteiger partial charge in [0.2, 0.25) is 0 Å². The van der Waals surface area contributed by atoms with E-state index in [0.717, 1.165) is 6.08 Å². The smallest absolute Gasteiger partial charge is 0.335 e. The SMILES string of the molecule is C=CC(=O)O.O=C(O)c1ccccc1.[Cu]. The van der Waals surface area contributed by atoms with Crippen molar-refractivity contribution in [2.45, 2.75) is 0 Å². The van der Waals surface area contributed by atoms with E-state index in [-0.39, 0.29) is 17.1 Å². The topological polar surface area (TPSA) is 74.6 Å². The molecule has 1 radical (unpaired) electrons. The largest absolute Gasteiger partial charge is 0.478 e. The summed E-state index contributed by atoms with van der Waals surface area (Å²) in [6.07, 6.45) is 0.833. The maximum absolute atomic E-state index is 10.2. The van der Waals surface area contributed by atoms with Gasteiger partial charge in [0.1, 0.15) is 0 Å². The number of rotatable bonds is 2. The second-order valence-electron chi connectivity index (χ2n) is 2.21. The first-order valence-corrected chi connectivity index (χ1v) is 3.71. The summed E-state index contributed by atoms with van der Waals surface area (Å²) in [7, 11) is 0. The summed E-state index contributed by atoms with van der Waals surface area (Å²) >= 11 is 0. The van der Waals surface area contributed by atoms with Crippen LogP contribution in [0.1, 0.15) is 10.4 Å². The van der Waals surface area contributed by atoms with E-state index >= 15 is 0 Å². The molecule has 0 amide bonds. The van der Waals surface area contributed by atoms with Gasteiger partial charge in [0.05, 0.1) is 5.56 Å². The average Bonchev–Trinajstić information content (AvgIpc) is 2.20. The van der Waals surface area contributed by atoms with E-state index in [1.807, 2.05) is 0 Å². The van der Waals surface area contributed by atoms with Gasteiger partial charge in [-0.25, -0.2) is 9.59 Å². The molecule has 0 fully saturated rings. The number of hydrogen-bond donors (Lipinski definition) is 2. The van der Waals surface area contributed by atoms with Crippen molar-refractivity contribution in [1.29, 1.82) is 0 Å². The van der Waals surface area contributed by atoms with Crippen LogP contribution in [-0.2, 0) is 21.9 Å². The summed E-state index contributed by atoms with van der Waals surface area (Å²) in [5.74, 6) is -1.86. The predicted octanol–water partition coefficient (Wildman–Crippen LogP) is 1.64. The van der Waals surface area contributed by atoms with Crippen molar-refractivity contribution < 1.29 is 36.9 Å². The third-order valence-corrected chi connectivity index (χ3v) is 1.20. The van der Waals surface area contributed by atoms with Gasteiger partial charge in [-0.1, -0.05) is 24.8 Å². The minimum absolute atomic E-state index is 0. The van der Waals surface area contributed by atoms with Crippen LogP contribution >= 0.6 is 0 Å². The summed E-state index contributed by atoms with van der Waals surface area (Å²) in [5.41, 5.74) is 0.331. The minimum Gasteiger partial charge on any atom is -0.478 e. The Bertz CT molecular complexity index is 321. The first kappa shape index (κ1) is 15.9. The maximum atomic E-state index is 10.2. The predicted molar refractivity (Wildman–Crippen MR) is 51.2 cm³/mol. The van der Waals surface area contributed by atoms with E-state index in [1.54, 1.807) is 30.3 Å². The quantitative estimate of drug-likeness (QED) is 0.624. The van der Waals surface area contributed by atoms with Crippen LogP contribution in [0.15, 0.2) is 43.0 Å². The Morgan fingerprint density at radius 3 is 1.73 bits per heavy atom. The molecule has 1 aromatic carbocycles. The van der Waals surface area contributed by atoms with E-state index in [4.69, 9.17) is 10.2 Å². The third kappa shape index (κ3) is 8.74. The molecule has 0 heterocycles. The zero-order valence-electron chi connectivity index (χ0n) is 7.68. The summed E-state index contributed by atoms with van der Waals surface area (Å²) in [5, 5.41) is 16.0. The molecule has 0 saturated heterocycles. The molecule has 4 nitrogen and oxygen atoms in total. The normalized spacial score (nSPS) is 7.47. The Hall–Kier alpha value is -1.58. The number of aromatic carboxylic acids is 1. The molecule has 0 atom stereocenters. The van der Waals surface area contributed by atoms with Crippen molar-refractivity contribution >= 4 is 11.9 Å². The van der Waals surface area contributed by atoms with Crippen molar-refractivity contribution in [2.75, 3.05) is 0 Å². The van der Waals surface area contributed by atoms with Crippen LogP contribution in [0, 0.1) is 0 Å². The van der Waals surface area contributed by atoms with Crippen molar-refractivity contribution in [1.82, 2.24) is 0 Å². The number of hydrogen-bond acceptors (Lipinski definition) is 2. The zero-order chi connectivity index (χ0) is 11.0. The average molecular weight is 258 g/mol. The summed E-state index contributed by atoms with van der Waals surface area (Å²) in [6, 6.07) is 8.30. The van der Waals surface area contributed by atoms with Gasteiger partial charge >= 0.3 is 11.9 Å². The van der Waals surface area contributed by atoms with Crippen LogP contribution in [0.25, 0.3) is 0 Å². The summed E-state index contributed by atoms with van der Waals surface area (Å²) < 4.78 is 0. The van der Waals surface area contributed by atoms with Gasteiger partial charge in [0.25, 0.3) is 0 Å². The molecule has 0 spiro atoms. The van der Waals surface area contributed by atoms with Gasteiger partial charge in [-0.2, -0.15) is 0 Å². The van der Waals surface area contributed by atoms with E-state index in [9.17, 15) is 9.59 Å². The van der Waals surface area contributed by atoms with E-state index < -0.39 is 11.9 Å². The molecular weight excluding hydrogens is 248 g/mol. The third-order valence-electron chi connectivity index (χ3n) is 1.20. The fourth-order valence-electron chi connectivity index (χ4n) is 0.581. The van der Waals surface area contributed by atoms with Gasteiger partial charge in [-0.05, 0) is 12.1 Å². The van der Waals surface area contributed by atoms with Gasteiger partial charge < -0.3 is 10.2 Å². The summed E-state index contributed by atoms with van der Waals surface area (Å²) in [6.45, 7) is 2.96. The van der Waals surface area contributed by atoms with Gasteiger partial charge in [0.15, 0.2) is 0 Å². The van der Waals surface area contributed by atoms with E-state index in [0.29, 0.717) is 5.56 Å². The second kappa shape index (κ2) is 8.99. The van der Waals surface area contributed by atoms with Crippen LogP contribution in [-0.4, -0.2) is 22.2 Å². The first-order valence-electron chi connectivity index (χ1n) is 3.71. The van der Waals surface area contributed by atoms with Crippen LogP contribution in [0.3, 0.4) is 0 Å². The Labute approximate surface area is 97.7 Å². The van der Waals surface area contributed by atoms with Gasteiger partial charge in [0, 0.05) is 23.1 Å². The molecule has 1 rings (SSSR count). The molecule has 0 aliphatic carbocycles. The fourth-order valence-corrected chi connectivity index (χ4v) is 0.581. The van der Waals surface area contributed by atoms with E-state index in [1.165, 1.54) is 0 Å². The molecule has 0 bridgehead atoms. The Balaban J connectivity index is 0. The molecule has 5 heteroatoms. The number of carboxylic acids is 2. The minimum atomic E-state index is -0.981. The van der Waals surface area contributed by atoms with Crippen molar-refractivity contribution in [3.63, 3.8) is 0 Å². The van der Waals surface area contributed by atoms with Crippen LogP contribution in [0.2, 0.25) is 0 Å². The standard InChI is InChI=1S/C7H6O2.C3H4O2.Cu/c8-7(9)6-4-2-1-3-5-6;1-2-3(4)5;/h1-5H,(H,8,9);2H,1H2,(H,4,5);. The molecule has 85 valence electrons. The molecule has 0 aliphatic heterocycles. The number of carboxylic acid groups (broad SMARTS) is 2.